The van der Waals surface area contributed by atoms with Crippen molar-refractivity contribution >= 4 is 44.3 Å². The highest BCUT2D eigenvalue weighted by Gasteiger charge is 2.19. The SMILES string of the molecule is CCc1nn(CC)c(CC(=O)c2ccc(F)cc2I)c1Br. The summed E-state index contributed by atoms with van der Waals surface area (Å²) in [7, 11) is 0. The number of hydrogen-bond donors (Lipinski definition) is 0. The Hall–Kier alpha value is -0.760. The van der Waals surface area contributed by atoms with Crippen LogP contribution in [0, 0.1) is 9.39 Å². The number of carbonyl (C=O) groups excluding carboxylic acids is 1. The molecule has 1 aromatic carbocycles. The smallest absolute Gasteiger partial charge is 0.169 e. The third-order valence-corrected chi connectivity index (χ3v) is 5.06. The lowest BCUT2D eigenvalue weighted by Gasteiger charge is -2.07. The van der Waals surface area contributed by atoms with E-state index in [0.717, 1.165) is 22.3 Å². The molecule has 2 aromatic rings. The van der Waals surface area contributed by atoms with E-state index in [-0.39, 0.29) is 18.0 Å². The van der Waals surface area contributed by atoms with E-state index < -0.39 is 0 Å². The number of carbonyl (C=O) groups is 1. The Kier molecular flexibility index (Phi) is 5.54. The van der Waals surface area contributed by atoms with Gasteiger partial charge >= 0.3 is 0 Å². The topological polar surface area (TPSA) is 34.9 Å². The Morgan fingerprint density at radius 3 is 2.71 bits per heavy atom. The molecule has 0 spiro atoms. The molecule has 0 aliphatic rings. The molecule has 0 radical (unpaired) electrons. The van der Waals surface area contributed by atoms with Crippen LogP contribution in [0.2, 0.25) is 0 Å². The van der Waals surface area contributed by atoms with Crippen molar-refractivity contribution in [2.75, 3.05) is 0 Å². The molecule has 0 saturated carbocycles. The number of rotatable bonds is 5. The van der Waals surface area contributed by atoms with Crippen LogP contribution in [0.15, 0.2) is 22.7 Å². The second-order valence-corrected chi connectivity index (χ2v) is 6.56. The average molecular weight is 465 g/mol. The number of benzene rings is 1. The van der Waals surface area contributed by atoms with Gasteiger partial charge in [0.2, 0.25) is 0 Å². The third-order valence-electron chi connectivity index (χ3n) is 3.25. The van der Waals surface area contributed by atoms with Crippen molar-refractivity contribution in [1.29, 1.82) is 0 Å². The van der Waals surface area contributed by atoms with Gasteiger partial charge in [0.25, 0.3) is 0 Å². The first-order chi connectivity index (χ1) is 9.97. The van der Waals surface area contributed by atoms with E-state index in [9.17, 15) is 9.18 Å². The highest BCUT2D eigenvalue weighted by Crippen LogP contribution is 2.25. The maximum Gasteiger partial charge on any atom is 0.169 e. The zero-order chi connectivity index (χ0) is 15.6. The van der Waals surface area contributed by atoms with Crippen LogP contribution in [0.25, 0.3) is 0 Å². The van der Waals surface area contributed by atoms with Gasteiger partial charge in [-0.25, -0.2) is 4.39 Å². The van der Waals surface area contributed by atoms with Crippen LogP contribution in [-0.2, 0) is 19.4 Å². The Morgan fingerprint density at radius 1 is 1.43 bits per heavy atom. The molecule has 0 unspecified atom stereocenters. The van der Waals surface area contributed by atoms with Crippen molar-refractivity contribution in [3.05, 3.63) is 49.0 Å². The van der Waals surface area contributed by atoms with E-state index in [4.69, 9.17) is 0 Å². The first-order valence-electron chi connectivity index (χ1n) is 6.70. The Bertz CT molecular complexity index is 685. The fourth-order valence-electron chi connectivity index (χ4n) is 2.15. The molecule has 21 heavy (non-hydrogen) atoms. The fraction of sp³-hybridized carbons (Fsp3) is 0.333. The Labute approximate surface area is 145 Å². The van der Waals surface area contributed by atoms with E-state index in [2.05, 4.69) is 21.0 Å². The monoisotopic (exact) mass is 464 g/mol. The molecule has 112 valence electrons. The molecule has 0 N–H and O–H groups in total. The minimum Gasteiger partial charge on any atom is -0.294 e. The van der Waals surface area contributed by atoms with Gasteiger partial charge in [0.15, 0.2) is 5.78 Å². The summed E-state index contributed by atoms with van der Waals surface area (Å²) >= 11 is 5.53. The van der Waals surface area contributed by atoms with E-state index in [0.29, 0.717) is 15.7 Å². The normalized spacial score (nSPS) is 10.9. The van der Waals surface area contributed by atoms with Crippen LogP contribution in [0.5, 0.6) is 0 Å². The molecule has 0 saturated heterocycles. The number of halogens is 3. The third kappa shape index (κ3) is 3.53. The van der Waals surface area contributed by atoms with Gasteiger partial charge < -0.3 is 0 Å². The van der Waals surface area contributed by atoms with Crippen LogP contribution in [0.4, 0.5) is 4.39 Å². The highest BCUT2D eigenvalue weighted by atomic mass is 127. The quantitative estimate of drug-likeness (QED) is 0.485. The summed E-state index contributed by atoms with van der Waals surface area (Å²) in [5.74, 6) is -0.360. The van der Waals surface area contributed by atoms with Gasteiger partial charge in [-0.15, -0.1) is 0 Å². The second kappa shape index (κ2) is 7.00. The maximum atomic E-state index is 13.1. The summed E-state index contributed by atoms with van der Waals surface area (Å²) < 4.78 is 16.5. The lowest BCUT2D eigenvalue weighted by Crippen LogP contribution is -2.11. The minimum absolute atomic E-state index is 0.0302. The van der Waals surface area contributed by atoms with Gasteiger partial charge in [0, 0.05) is 15.7 Å². The summed E-state index contributed by atoms with van der Waals surface area (Å²) in [5.41, 5.74) is 2.37. The molecule has 0 bridgehead atoms. The molecule has 1 aromatic heterocycles. The number of aryl methyl sites for hydroxylation is 2. The fourth-order valence-corrected chi connectivity index (χ4v) is 3.63. The van der Waals surface area contributed by atoms with E-state index in [1.807, 2.05) is 41.1 Å². The average Bonchev–Trinajstić information content (AvgIpc) is 2.75. The van der Waals surface area contributed by atoms with Gasteiger partial charge in [-0.1, -0.05) is 6.92 Å². The molecule has 0 aliphatic carbocycles. The highest BCUT2D eigenvalue weighted by molar-refractivity contribution is 14.1. The molecule has 0 atom stereocenters. The zero-order valence-corrected chi connectivity index (χ0v) is 15.5. The molecule has 0 fully saturated rings. The molecule has 6 heteroatoms. The molecular weight excluding hydrogens is 450 g/mol. The lowest BCUT2D eigenvalue weighted by atomic mass is 10.1. The van der Waals surface area contributed by atoms with Crippen molar-refractivity contribution < 1.29 is 9.18 Å². The largest absolute Gasteiger partial charge is 0.294 e. The molecule has 1 heterocycles. The predicted octanol–water partition coefficient (Wildman–Crippen LogP) is 4.40. The van der Waals surface area contributed by atoms with Gasteiger partial charge in [-0.3, -0.25) is 9.48 Å². The van der Waals surface area contributed by atoms with Gasteiger partial charge in [-0.2, -0.15) is 5.10 Å². The second-order valence-electron chi connectivity index (χ2n) is 4.60. The summed E-state index contributed by atoms with van der Waals surface area (Å²) in [4.78, 5) is 12.5. The first kappa shape index (κ1) is 16.6. The van der Waals surface area contributed by atoms with Crippen molar-refractivity contribution in [3.8, 4) is 0 Å². The molecule has 0 amide bonds. The summed E-state index contributed by atoms with van der Waals surface area (Å²) in [6, 6.07) is 4.23. The summed E-state index contributed by atoms with van der Waals surface area (Å²) in [5, 5.41) is 4.49. The number of ketones is 1. The lowest BCUT2D eigenvalue weighted by molar-refractivity contribution is 0.0989. The predicted molar refractivity (Wildman–Crippen MR) is 92.1 cm³/mol. The van der Waals surface area contributed by atoms with Crippen LogP contribution < -0.4 is 0 Å². The standard InChI is InChI=1S/C15H15BrFIN2O/c1-3-12-15(16)13(20(4-2)19-12)8-14(21)10-6-5-9(17)7-11(10)18/h5-7H,3-4,8H2,1-2H3. The maximum absolute atomic E-state index is 13.1. The van der Waals surface area contributed by atoms with Crippen molar-refractivity contribution in [2.45, 2.75) is 33.2 Å². The summed E-state index contributed by atoms with van der Waals surface area (Å²) in [6.07, 6.45) is 1.06. The van der Waals surface area contributed by atoms with Crippen molar-refractivity contribution in [3.63, 3.8) is 0 Å². The summed E-state index contributed by atoms with van der Waals surface area (Å²) in [6.45, 7) is 4.73. The van der Waals surface area contributed by atoms with Crippen LogP contribution >= 0.6 is 38.5 Å². The van der Waals surface area contributed by atoms with Crippen LogP contribution in [0.3, 0.4) is 0 Å². The molecular formula is C15H15BrFIN2O. The van der Waals surface area contributed by atoms with Crippen molar-refractivity contribution in [1.82, 2.24) is 9.78 Å². The number of Topliss-reactive ketones (excluding diaryl/α,β-unsaturated/α-hetero) is 1. The van der Waals surface area contributed by atoms with Crippen molar-refractivity contribution in [2.24, 2.45) is 0 Å². The number of aromatic nitrogens is 2. The first-order valence-corrected chi connectivity index (χ1v) is 8.57. The molecule has 0 aliphatic heterocycles. The van der Waals surface area contributed by atoms with E-state index in [1.165, 1.54) is 12.1 Å². The van der Waals surface area contributed by atoms with E-state index >= 15 is 0 Å². The van der Waals surface area contributed by atoms with Crippen LogP contribution in [-0.4, -0.2) is 15.6 Å². The zero-order valence-electron chi connectivity index (χ0n) is 11.8. The Balaban J connectivity index is 2.33. The molecule has 2 rings (SSSR count). The van der Waals surface area contributed by atoms with Crippen LogP contribution in [0.1, 0.15) is 35.6 Å². The minimum atomic E-state index is -0.330. The van der Waals surface area contributed by atoms with E-state index in [1.54, 1.807) is 6.07 Å². The molecule has 3 nitrogen and oxygen atoms in total. The van der Waals surface area contributed by atoms with Gasteiger partial charge in [0.1, 0.15) is 5.82 Å². The van der Waals surface area contributed by atoms with Gasteiger partial charge in [-0.05, 0) is 70.1 Å². The Morgan fingerprint density at radius 2 is 2.14 bits per heavy atom. The number of nitrogens with zero attached hydrogens (tertiary/aromatic N) is 2. The van der Waals surface area contributed by atoms with Gasteiger partial charge in [0.05, 0.1) is 22.3 Å². The number of hydrogen-bond acceptors (Lipinski definition) is 2.